The maximum absolute atomic E-state index is 12.3. The van der Waals surface area contributed by atoms with Gasteiger partial charge in [0, 0.05) is 31.5 Å². The number of ether oxygens (including phenoxy) is 2. The normalized spacial score (nSPS) is 18.6. The number of hydrogen-bond donors (Lipinski definition) is 2. The minimum absolute atomic E-state index is 0.403. The molecule has 2 N–H and O–H groups in total. The molecule has 4 rings (SSSR count). The summed E-state index contributed by atoms with van der Waals surface area (Å²) in [5.74, 6) is 1.44. The van der Waals surface area contributed by atoms with Crippen LogP contribution < -0.4 is 10.1 Å². The number of fused-ring (bicyclic) bond motifs is 1. The number of nitrogens with zero attached hydrogens (tertiary/aromatic N) is 2. The highest BCUT2D eigenvalue weighted by atomic mass is 16.5. The van der Waals surface area contributed by atoms with Crippen molar-refractivity contribution in [2.45, 2.75) is 57.4 Å². The van der Waals surface area contributed by atoms with Crippen LogP contribution in [0.4, 0.5) is 5.82 Å². The monoisotopic (exact) mass is 481 g/mol. The molecule has 0 amide bonds. The van der Waals surface area contributed by atoms with Crippen molar-refractivity contribution in [1.82, 2.24) is 9.88 Å². The predicted molar refractivity (Wildman–Crippen MR) is 137 cm³/mol. The molecule has 0 aliphatic carbocycles. The minimum Gasteiger partial charge on any atom is -0.491 e. The van der Waals surface area contributed by atoms with Gasteiger partial charge in [0.2, 0.25) is 0 Å². The molecule has 2 aliphatic rings. The van der Waals surface area contributed by atoms with Crippen LogP contribution in [-0.4, -0.2) is 60.9 Å². The molecule has 35 heavy (non-hydrogen) atoms. The van der Waals surface area contributed by atoms with Gasteiger partial charge in [0.25, 0.3) is 0 Å². The molecule has 7 nitrogen and oxygen atoms in total. The van der Waals surface area contributed by atoms with Gasteiger partial charge in [-0.05, 0) is 68.7 Å². The van der Waals surface area contributed by atoms with Crippen LogP contribution in [0, 0.1) is 5.92 Å². The lowest BCUT2D eigenvalue weighted by Gasteiger charge is -2.26. The van der Waals surface area contributed by atoms with Gasteiger partial charge < -0.3 is 19.9 Å². The lowest BCUT2D eigenvalue weighted by atomic mass is 9.99. The number of aromatic nitrogens is 1. The fraction of sp³-hybridized carbons (Fsp3) is 0.571. The highest BCUT2D eigenvalue weighted by Crippen LogP contribution is 2.34. The molecule has 1 aromatic heterocycles. The minimum atomic E-state index is -0.819. The van der Waals surface area contributed by atoms with Crippen LogP contribution in [0.3, 0.4) is 0 Å². The van der Waals surface area contributed by atoms with Gasteiger partial charge >= 0.3 is 5.97 Å². The lowest BCUT2D eigenvalue weighted by molar-refractivity contribution is -0.143. The van der Waals surface area contributed by atoms with Gasteiger partial charge in [-0.1, -0.05) is 37.1 Å². The molecule has 1 unspecified atom stereocenters. The number of aryl methyl sites for hydroxylation is 2. The Kier molecular flexibility index (Phi) is 9.37. The van der Waals surface area contributed by atoms with Crippen LogP contribution in [0.25, 0.3) is 0 Å². The molecule has 190 valence electrons. The second kappa shape index (κ2) is 12.9. The quantitative estimate of drug-likeness (QED) is 0.401. The summed E-state index contributed by atoms with van der Waals surface area (Å²) >= 11 is 0. The SMILES string of the molecule is COCCOc1ccccc1C(C(=O)O)N1CC[C@@H](CCCCCc2ccc3c(n2)NCCC3)C1. The Morgan fingerprint density at radius 1 is 1.20 bits per heavy atom. The molecule has 0 radical (unpaired) electrons. The number of benzene rings is 1. The van der Waals surface area contributed by atoms with Gasteiger partial charge in [-0.15, -0.1) is 0 Å². The molecule has 3 heterocycles. The summed E-state index contributed by atoms with van der Waals surface area (Å²) in [6.45, 7) is 3.52. The van der Waals surface area contributed by atoms with E-state index in [1.807, 2.05) is 24.3 Å². The number of hydrogen-bond acceptors (Lipinski definition) is 6. The first-order valence-corrected chi connectivity index (χ1v) is 13.1. The Morgan fingerprint density at radius 2 is 2.09 bits per heavy atom. The second-order valence-corrected chi connectivity index (χ2v) is 9.71. The fourth-order valence-electron chi connectivity index (χ4n) is 5.32. The van der Waals surface area contributed by atoms with Crippen molar-refractivity contribution in [3.63, 3.8) is 0 Å². The van der Waals surface area contributed by atoms with Gasteiger partial charge in [0.05, 0.1) is 6.61 Å². The number of likely N-dealkylation sites (tertiary alicyclic amines) is 1. The third-order valence-electron chi connectivity index (χ3n) is 7.17. The van der Waals surface area contributed by atoms with Crippen LogP contribution in [-0.2, 0) is 22.4 Å². The maximum Gasteiger partial charge on any atom is 0.325 e. The van der Waals surface area contributed by atoms with E-state index in [1.54, 1.807) is 7.11 Å². The van der Waals surface area contributed by atoms with Crippen molar-refractivity contribution in [3.8, 4) is 5.75 Å². The number of methoxy groups -OCH3 is 1. The summed E-state index contributed by atoms with van der Waals surface area (Å²) in [4.78, 5) is 19.2. The molecular weight excluding hydrogens is 442 g/mol. The lowest BCUT2D eigenvalue weighted by Crippen LogP contribution is -2.33. The Labute approximate surface area is 208 Å². The Morgan fingerprint density at radius 3 is 2.94 bits per heavy atom. The first-order chi connectivity index (χ1) is 17.2. The Balaban J connectivity index is 1.23. The van der Waals surface area contributed by atoms with E-state index in [9.17, 15) is 9.90 Å². The smallest absolute Gasteiger partial charge is 0.325 e. The summed E-state index contributed by atoms with van der Waals surface area (Å²) in [5.41, 5.74) is 3.25. The average Bonchev–Trinajstić information content (AvgIpc) is 3.33. The molecule has 2 aromatic rings. The zero-order valence-corrected chi connectivity index (χ0v) is 20.9. The number of pyridine rings is 1. The van der Waals surface area contributed by atoms with Gasteiger partial charge in [-0.25, -0.2) is 4.98 Å². The fourth-order valence-corrected chi connectivity index (χ4v) is 5.32. The molecule has 1 fully saturated rings. The van der Waals surface area contributed by atoms with E-state index in [0.717, 1.165) is 63.1 Å². The van der Waals surface area contributed by atoms with E-state index in [0.29, 0.717) is 24.9 Å². The molecule has 2 aliphatic heterocycles. The molecule has 0 bridgehead atoms. The number of unbranched alkanes of at least 4 members (excludes halogenated alkanes) is 2. The number of rotatable bonds is 13. The predicted octanol–water partition coefficient (Wildman–Crippen LogP) is 4.72. The zero-order chi connectivity index (χ0) is 24.5. The third kappa shape index (κ3) is 6.95. The molecule has 7 heteroatoms. The molecule has 0 spiro atoms. The maximum atomic E-state index is 12.3. The number of carbonyl (C=O) groups is 1. The number of carboxylic acids is 1. The van der Waals surface area contributed by atoms with Gasteiger partial charge in [-0.2, -0.15) is 0 Å². The third-order valence-corrected chi connectivity index (χ3v) is 7.17. The van der Waals surface area contributed by atoms with Crippen molar-refractivity contribution in [2.24, 2.45) is 5.92 Å². The van der Waals surface area contributed by atoms with Crippen molar-refractivity contribution < 1.29 is 19.4 Å². The van der Waals surface area contributed by atoms with Gasteiger partial charge in [0.1, 0.15) is 24.2 Å². The summed E-state index contributed by atoms with van der Waals surface area (Å²) in [6.07, 6.45) is 9.04. The van der Waals surface area contributed by atoms with Gasteiger partial charge in [-0.3, -0.25) is 9.69 Å². The summed E-state index contributed by atoms with van der Waals surface area (Å²) in [6, 6.07) is 11.2. The Bertz CT molecular complexity index is 967. The second-order valence-electron chi connectivity index (χ2n) is 9.71. The summed E-state index contributed by atoms with van der Waals surface area (Å²) < 4.78 is 10.9. The van der Waals surface area contributed by atoms with Gasteiger partial charge in [0.15, 0.2) is 0 Å². The molecule has 1 aromatic carbocycles. The first kappa shape index (κ1) is 25.5. The first-order valence-electron chi connectivity index (χ1n) is 13.1. The molecular formula is C28H39N3O4. The number of anilines is 1. The van der Waals surface area contributed by atoms with Crippen molar-refractivity contribution in [3.05, 3.63) is 53.2 Å². The van der Waals surface area contributed by atoms with E-state index < -0.39 is 12.0 Å². The standard InChI is InChI=1S/C28H39N3O4/c1-34-18-19-35-25-12-6-5-11-24(25)26(28(32)33)31-17-15-21(20-31)8-3-2-4-10-23-14-13-22-9-7-16-29-27(22)30-23/h5-6,11-14,21,26H,2-4,7-10,15-20H2,1H3,(H,29,30)(H,32,33)/t21-,26?/m1/s1. The molecule has 1 saturated heterocycles. The van der Waals surface area contributed by atoms with E-state index in [-0.39, 0.29) is 0 Å². The van der Waals surface area contributed by atoms with E-state index in [1.165, 1.54) is 30.5 Å². The van der Waals surface area contributed by atoms with Crippen LogP contribution in [0.5, 0.6) is 5.75 Å². The van der Waals surface area contributed by atoms with Crippen LogP contribution in [0.2, 0.25) is 0 Å². The molecule has 0 saturated carbocycles. The van der Waals surface area contributed by atoms with Crippen LogP contribution in [0.15, 0.2) is 36.4 Å². The van der Waals surface area contributed by atoms with Crippen molar-refractivity contribution >= 4 is 11.8 Å². The highest BCUT2D eigenvalue weighted by molar-refractivity contribution is 5.76. The van der Waals surface area contributed by atoms with Crippen molar-refractivity contribution in [2.75, 3.05) is 45.3 Å². The van der Waals surface area contributed by atoms with Crippen LogP contribution in [0.1, 0.15) is 61.4 Å². The Hall–Kier alpha value is -2.64. The number of nitrogens with one attached hydrogen (secondary N) is 1. The van der Waals surface area contributed by atoms with Crippen molar-refractivity contribution in [1.29, 1.82) is 0 Å². The van der Waals surface area contributed by atoms with E-state index in [2.05, 4.69) is 22.3 Å². The van der Waals surface area contributed by atoms with E-state index in [4.69, 9.17) is 14.5 Å². The number of aliphatic carboxylic acids is 1. The summed E-state index contributed by atoms with van der Waals surface area (Å²) in [7, 11) is 1.63. The topological polar surface area (TPSA) is 83.9 Å². The number of carboxylic acid groups (broad SMARTS) is 1. The van der Waals surface area contributed by atoms with E-state index >= 15 is 0 Å². The average molecular weight is 482 g/mol. The van der Waals surface area contributed by atoms with Crippen LogP contribution >= 0.6 is 0 Å². The zero-order valence-electron chi connectivity index (χ0n) is 20.9. The largest absolute Gasteiger partial charge is 0.491 e. The summed E-state index contributed by atoms with van der Waals surface area (Å²) in [5, 5.41) is 13.5. The number of para-hydroxylation sites is 1. The highest BCUT2D eigenvalue weighted by Gasteiger charge is 2.35. The molecule has 2 atom stereocenters.